The minimum atomic E-state index is -0.217. The van der Waals surface area contributed by atoms with E-state index in [1.54, 1.807) is 0 Å². The van der Waals surface area contributed by atoms with Crippen LogP contribution in [0.2, 0.25) is 0 Å². The predicted molar refractivity (Wildman–Crippen MR) is 107 cm³/mol. The van der Waals surface area contributed by atoms with Crippen LogP contribution in [0.5, 0.6) is 0 Å². The molecule has 130 valence electrons. The maximum atomic E-state index is 12.5. The standard InChI is InChI=1S/C21H13N3O2S/c25-19(21-24-16-6-2-4-8-18(16)27-21)22-14-11-9-13(10-12-14)20-23-15-5-1-3-7-17(15)26-20/h1-12H,(H,22,25). The Balaban J connectivity index is 1.37. The van der Waals surface area contributed by atoms with Gasteiger partial charge in [0, 0.05) is 11.3 Å². The Kier molecular flexibility index (Phi) is 3.69. The minimum Gasteiger partial charge on any atom is -0.436 e. The van der Waals surface area contributed by atoms with Gasteiger partial charge in [0.15, 0.2) is 10.6 Å². The molecule has 5 aromatic rings. The summed E-state index contributed by atoms with van der Waals surface area (Å²) in [6, 6.07) is 22.8. The van der Waals surface area contributed by atoms with Gasteiger partial charge in [-0.25, -0.2) is 9.97 Å². The maximum Gasteiger partial charge on any atom is 0.284 e. The van der Waals surface area contributed by atoms with E-state index in [-0.39, 0.29) is 5.91 Å². The van der Waals surface area contributed by atoms with Crippen molar-refractivity contribution in [2.75, 3.05) is 5.32 Å². The largest absolute Gasteiger partial charge is 0.436 e. The Morgan fingerprint density at radius 2 is 1.59 bits per heavy atom. The molecule has 0 saturated heterocycles. The van der Waals surface area contributed by atoms with E-state index in [1.165, 1.54) is 11.3 Å². The van der Waals surface area contributed by atoms with Gasteiger partial charge in [-0.1, -0.05) is 24.3 Å². The molecule has 0 unspecified atom stereocenters. The highest BCUT2D eigenvalue weighted by atomic mass is 32.1. The number of nitrogens with one attached hydrogen (secondary N) is 1. The fourth-order valence-corrected chi connectivity index (χ4v) is 3.71. The Bertz CT molecular complexity index is 1210. The van der Waals surface area contributed by atoms with Gasteiger partial charge in [-0.2, -0.15) is 0 Å². The average molecular weight is 371 g/mol. The lowest BCUT2D eigenvalue weighted by Gasteiger charge is -2.03. The average Bonchev–Trinajstić information content (AvgIpc) is 3.32. The number of hydrogen-bond donors (Lipinski definition) is 1. The Hall–Kier alpha value is -3.51. The number of thiazole rings is 1. The van der Waals surface area contributed by atoms with Gasteiger partial charge in [-0.05, 0) is 48.5 Å². The fourth-order valence-electron chi connectivity index (χ4n) is 2.85. The highest BCUT2D eigenvalue weighted by Crippen LogP contribution is 2.26. The zero-order valence-electron chi connectivity index (χ0n) is 14.0. The van der Waals surface area contributed by atoms with Crippen molar-refractivity contribution in [3.8, 4) is 11.5 Å². The summed E-state index contributed by atoms with van der Waals surface area (Å²) < 4.78 is 6.77. The fraction of sp³-hybridized carbons (Fsp3) is 0. The Morgan fingerprint density at radius 3 is 2.37 bits per heavy atom. The van der Waals surface area contributed by atoms with Gasteiger partial charge in [0.2, 0.25) is 5.89 Å². The highest BCUT2D eigenvalue weighted by Gasteiger charge is 2.13. The monoisotopic (exact) mass is 371 g/mol. The molecule has 0 spiro atoms. The van der Waals surface area contributed by atoms with E-state index in [2.05, 4.69) is 15.3 Å². The summed E-state index contributed by atoms with van der Waals surface area (Å²) in [5, 5.41) is 3.33. The number of benzene rings is 3. The van der Waals surface area contributed by atoms with Gasteiger partial charge in [-0.3, -0.25) is 4.79 Å². The van der Waals surface area contributed by atoms with Crippen molar-refractivity contribution in [2.45, 2.75) is 0 Å². The smallest absolute Gasteiger partial charge is 0.284 e. The maximum absolute atomic E-state index is 12.5. The van der Waals surface area contributed by atoms with E-state index in [9.17, 15) is 4.79 Å². The molecule has 2 aromatic heterocycles. The Labute approximate surface area is 158 Å². The van der Waals surface area contributed by atoms with Crippen LogP contribution in [0.15, 0.2) is 77.2 Å². The molecule has 0 fully saturated rings. The number of rotatable bonds is 3. The molecule has 0 aliphatic heterocycles. The van der Waals surface area contributed by atoms with Gasteiger partial charge in [0.1, 0.15) is 5.52 Å². The first kappa shape index (κ1) is 15.7. The second-order valence-corrected chi connectivity index (χ2v) is 7.04. The molecule has 0 aliphatic rings. The summed E-state index contributed by atoms with van der Waals surface area (Å²) in [5.74, 6) is 0.339. The molecule has 2 heterocycles. The number of fused-ring (bicyclic) bond motifs is 2. The molecular weight excluding hydrogens is 358 g/mol. The number of carbonyl (C=O) groups is 1. The predicted octanol–water partition coefficient (Wildman–Crippen LogP) is 5.36. The SMILES string of the molecule is O=C(Nc1ccc(-c2nc3ccccc3o2)cc1)c1nc2ccccc2s1. The normalized spacial score (nSPS) is 11.1. The summed E-state index contributed by atoms with van der Waals surface area (Å²) in [7, 11) is 0. The number of carbonyl (C=O) groups excluding carboxylic acids is 1. The lowest BCUT2D eigenvalue weighted by atomic mass is 10.2. The lowest BCUT2D eigenvalue weighted by molar-refractivity contribution is 0.102. The second-order valence-electron chi connectivity index (χ2n) is 6.00. The molecule has 3 aromatic carbocycles. The van der Waals surface area contributed by atoms with E-state index in [0.717, 1.165) is 26.9 Å². The zero-order chi connectivity index (χ0) is 18.2. The zero-order valence-corrected chi connectivity index (χ0v) is 14.9. The molecule has 0 radical (unpaired) electrons. The topological polar surface area (TPSA) is 68.0 Å². The van der Waals surface area contributed by atoms with Crippen LogP contribution in [0.4, 0.5) is 5.69 Å². The minimum absolute atomic E-state index is 0.217. The number of nitrogens with zero attached hydrogens (tertiary/aromatic N) is 2. The summed E-state index contributed by atoms with van der Waals surface area (Å²) in [5.41, 5.74) is 3.95. The summed E-state index contributed by atoms with van der Waals surface area (Å²) in [6.45, 7) is 0. The van der Waals surface area contributed by atoms with Gasteiger partial charge in [0.25, 0.3) is 5.91 Å². The summed E-state index contributed by atoms with van der Waals surface area (Å²) in [4.78, 5) is 21.3. The molecule has 0 bridgehead atoms. The van der Waals surface area contributed by atoms with E-state index in [4.69, 9.17) is 4.42 Å². The van der Waals surface area contributed by atoms with Crippen LogP contribution in [-0.4, -0.2) is 15.9 Å². The van der Waals surface area contributed by atoms with Gasteiger partial charge in [0.05, 0.1) is 10.2 Å². The third-order valence-electron chi connectivity index (χ3n) is 4.17. The summed E-state index contributed by atoms with van der Waals surface area (Å²) >= 11 is 1.38. The molecular formula is C21H13N3O2S. The third-order valence-corrected chi connectivity index (χ3v) is 5.21. The first-order valence-electron chi connectivity index (χ1n) is 8.39. The van der Waals surface area contributed by atoms with Crippen molar-refractivity contribution in [2.24, 2.45) is 0 Å². The molecule has 0 atom stereocenters. The van der Waals surface area contributed by atoms with Crippen LogP contribution in [0.1, 0.15) is 9.80 Å². The van der Waals surface area contributed by atoms with Crippen molar-refractivity contribution in [1.82, 2.24) is 9.97 Å². The molecule has 5 rings (SSSR count). The first-order chi connectivity index (χ1) is 13.3. The quantitative estimate of drug-likeness (QED) is 0.464. The van der Waals surface area contributed by atoms with E-state index >= 15 is 0 Å². The van der Waals surface area contributed by atoms with E-state index in [0.29, 0.717) is 16.6 Å². The van der Waals surface area contributed by atoms with Crippen LogP contribution < -0.4 is 5.32 Å². The van der Waals surface area contributed by atoms with Crippen molar-refractivity contribution in [1.29, 1.82) is 0 Å². The molecule has 0 saturated carbocycles. The second kappa shape index (κ2) is 6.34. The van der Waals surface area contributed by atoms with Crippen LogP contribution in [0, 0.1) is 0 Å². The molecule has 27 heavy (non-hydrogen) atoms. The van der Waals surface area contributed by atoms with Crippen LogP contribution in [0.25, 0.3) is 32.8 Å². The number of oxazole rings is 1. The number of amides is 1. The van der Waals surface area contributed by atoms with Crippen LogP contribution in [-0.2, 0) is 0 Å². The van der Waals surface area contributed by atoms with Crippen molar-refractivity contribution < 1.29 is 9.21 Å². The van der Waals surface area contributed by atoms with Gasteiger partial charge < -0.3 is 9.73 Å². The molecule has 1 N–H and O–H groups in total. The molecule has 0 aliphatic carbocycles. The molecule has 1 amide bonds. The first-order valence-corrected chi connectivity index (χ1v) is 9.21. The van der Waals surface area contributed by atoms with E-state index < -0.39 is 0 Å². The number of anilines is 1. The highest BCUT2D eigenvalue weighted by molar-refractivity contribution is 7.20. The van der Waals surface area contributed by atoms with Crippen LogP contribution in [0.3, 0.4) is 0 Å². The van der Waals surface area contributed by atoms with Crippen LogP contribution >= 0.6 is 11.3 Å². The summed E-state index contributed by atoms with van der Waals surface area (Å²) in [6.07, 6.45) is 0. The van der Waals surface area contributed by atoms with Crippen molar-refractivity contribution in [3.05, 3.63) is 77.8 Å². The third kappa shape index (κ3) is 2.96. The van der Waals surface area contributed by atoms with Crippen molar-refractivity contribution in [3.63, 3.8) is 0 Å². The molecule has 5 nitrogen and oxygen atoms in total. The van der Waals surface area contributed by atoms with Gasteiger partial charge >= 0.3 is 0 Å². The van der Waals surface area contributed by atoms with Gasteiger partial charge in [-0.15, -0.1) is 11.3 Å². The number of para-hydroxylation sites is 3. The lowest BCUT2D eigenvalue weighted by Crippen LogP contribution is -2.11. The Morgan fingerprint density at radius 1 is 0.852 bits per heavy atom. The van der Waals surface area contributed by atoms with Crippen molar-refractivity contribution >= 4 is 44.2 Å². The number of hydrogen-bond acceptors (Lipinski definition) is 5. The number of aromatic nitrogens is 2. The molecule has 6 heteroatoms. The van der Waals surface area contributed by atoms with E-state index in [1.807, 2.05) is 72.8 Å².